The molecule has 0 atom stereocenters. The van der Waals surface area contributed by atoms with Crippen molar-refractivity contribution < 1.29 is 19.1 Å². The molecule has 0 spiro atoms. The van der Waals surface area contributed by atoms with Crippen molar-refractivity contribution in [3.8, 4) is 0 Å². The van der Waals surface area contributed by atoms with E-state index in [9.17, 15) is 9.59 Å². The van der Waals surface area contributed by atoms with E-state index in [2.05, 4.69) is 0 Å². The van der Waals surface area contributed by atoms with Crippen molar-refractivity contribution in [2.75, 3.05) is 0 Å². The fraction of sp³-hybridized carbons (Fsp3) is 0.500. The van der Waals surface area contributed by atoms with E-state index < -0.39 is 11.9 Å². The highest BCUT2D eigenvalue weighted by molar-refractivity contribution is 6.14. The van der Waals surface area contributed by atoms with E-state index in [0.29, 0.717) is 0 Å². The summed E-state index contributed by atoms with van der Waals surface area (Å²) in [5.41, 5.74) is 0.641. The summed E-state index contributed by atoms with van der Waals surface area (Å²) in [5.74, 6) is -1.34. The average molecular weight is 280 g/mol. The van der Waals surface area contributed by atoms with E-state index in [1.54, 1.807) is 39.8 Å². The van der Waals surface area contributed by atoms with Gasteiger partial charge in [-0.15, -0.1) is 0 Å². The smallest absolute Gasteiger partial charge is 0.345 e. The highest BCUT2D eigenvalue weighted by Crippen LogP contribution is 2.11. The molecular formula is C16H24O4. The maximum atomic E-state index is 12.0. The summed E-state index contributed by atoms with van der Waals surface area (Å²) in [7, 11) is 0. The number of hydrogen-bond donors (Lipinski definition) is 0. The summed E-state index contributed by atoms with van der Waals surface area (Å²) in [6, 6.07) is 0. The lowest BCUT2D eigenvalue weighted by atomic mass is 10.1. The summed E-state index contributed by atoms with van der Waals surface area (Å²) in [6.07, 6.45) is 6.30. The second-order valence-electron chi connectivity index (χ2n) is 4.75. The molecule has 0 aliphatic carbocycles. The van der Waals surface area contributed by atoms with Crippen molar-refractivity contribution in [3.05, 3.63) is 35.5 Å². The molecule has 0 aromatic heterocycles. The summed E-state index contributed by atoms with van der Waals surface area (Å²) in [4.78, 5) is 24.0. The zero-order valence-electron chi connectivity index (χ0n) is 13.1. The quantitative estimate of drug-likeness (QED) is 0.246. The van der Waals surface area contributed by atoms with Crippen molar-refractivity contribution >= 4 is 11.9 Å². The Morgan fingerprint density at radius 3 is 1.65 bits per heavy atom. The van der Waals surface area contributed by atoms with Crippen LogP contribution in [0.3, 0.4) is 0 Å². The van der Waals surface area contributed by atoms with Crippen LogP contribution in [0, 0.1) is 0 Å². The Balaban J connectivity index is 5.40. The van der Waals surface area contributed by atoms with Crippen LogP contribution in [0.4, 0.5) is 0 Å². The average Bonchev–Trinajstić information content (AvgIpc) is 2.32. The van der Waals surface area contributed by atoms with Gasteiger partial charge in [0.05, 0.1) is 12.2 Å². The van der Waals surface area contributed by atoms with Crippen LogP contribution in [0.5, 0.6) is 0 Å². The number of rotatable bonds is 6. The molecule has 0 bridgehead atoms. The molecule has 0 aromatic carbocycles. The normalized spacial score (nSPS) is 11.9. The predicted octanol–water partition coefficient (Wildman–Crippen LogP) is 3.34. The molecule has 0 aliphatic heterocycles. The van der Waals surface area contributed by atoms with Crippen LogP contribution < -0.4 is 0 Å². The first-order chi connectivity index (χ1) is 9.31. The Hall–Kier alpha value is -1.84. The van der Waals surface area contributed by atoms with Gasteiger partial charge in [-0.05, 0) is 53.2 Å². The number of allylic oxidation sites excluding steroid dienone is 5. The van der Waals surface area contributed by atoms with E-state index >= 15 is 0 Å². The summed E-state index contributed by atoms with van der Waals surface area (Å²) in [6.45, 7) is 10.6. The van der Waals surface area contributed by atoms with Gasteiger partial charge in [-0.1, -0.05) is 18.2 Å². The van der Waals surface area contributed by atoms with E-state index in [4.69, 9.17) is 9.47 Å². The maximum absolute atomic E-state index is 12.0. The number of esters is 2. The molecule has 0 unspecified atom stereocenters. The molecule has 0 saturated heterocycles. The summed E-state index contributed by atoms with van der Waals surface area (Å²) >= 11 is 0. The molecule has 0 N–H and O–H groups in total. The van der Waals surface area contributed by atoms with Gasteiger partial charge in [0.25, 0.3) is 0 Å². The minimum Gasteiger partial charge on any atom is -0.459 e. The van der Waals surface area contributed by atoms with Gasteiger partial charge in [0.15, 0.2) is 0 Å². The van der Waals surface area contributed by atoms with Crippen molar-refractivity contribution in [2.24, 2.45) is 0 Å². The lowest BCUT2D eigenvalue weighted by molar-refractivity contribution is -0.150. The van der Waals surface area contributed by atoms with Gasteiger partial charge in [-0.3, -0.25) is 0 Å². The molecule has 4 nitrogen and oxygen atoms in total. The third kappa shape index (κ3) is 6.92. The Labute approximate surface area is 121 Å². The SMILES string of the molecule is CC=CC(=CC)C=C(C(=O)OC(C)C)C(=O)OC(C)C. The molecule has 0 amide bonds. The van der Waals surface area contributed by atoms with E-state index in [1.807, 2.05) is 19.9 Å². The summed E-state index contributed by atoms with van der Waals surface area (Å²) < 4.78 is 10.2. The lowest BCUT2D eigenvalue weighted by Crippen LogP contribution is -2.23. The minimum atomic E-state index is -0.672. The first-order valence-corrected chi connectivity index (χ1v) is 6.74. The van der Waals surface area contributed by atoms with E-state index in [-0.39, 0.29) is 17.8 Å². The molecule has 0 heterocycles. The van der Waals surface area contributed by atoms with Crippen molar-refractivity contribution in [1.82, 2.24) is 0 Å². The van der Waals surface area contributed by atoms with Gasteiger partial charge in [0.2, 0.25) is 0 Å². The fourth-order valence-corrected chi connectivity index (χ4v) is 1.34. The van der Waals surface area contributed by atoms with Crippen LogP contribution >= 0.6 is 0 Å². The molecule has 4 heteroatoms. The topological polar surface area (TPSA) is 52.6 Å². The highest BCUT2D eigenvalue weighted by Gasteiger charge is 2.23. The van der Waals surface area contributed by atoms with Gasteiger partial charge in [-0.2, -0.15) is 0 Å². The monoisotopic (exact) mass is 280 g/mol. The highest BCUT2D eigenvalue weighted by atomic mass is 16.6. The number of hydrogen-bond acceptors (Lipinski definition) is 4. The van der Waals surface area contributed by atoms with Gasteiger partial charge in [-0.25, -0.2) is 9.59 Å². The van der Waals surface area contributed by atoms with Gasteiger partial charge in [0.1, 0.15) is 5.57 Å². The maximum Gasteiger partial charge on any atom is 0.345 e. The van der Waals surface area contributed by atoms with E-state index in [0.717, 1.165) is 5.57 Å². The first-order valence-electron chi connectivity index (χ1n) is 6.74. The molecule has 20 heavy (non-hydrogen) atoms. The molecule has 0 aromatic rings. The Bertz CT molecular complexity index is 402. The Morgan fingerprint density at radius 2 is 1.35 bits per heavy atom. The zero-order valence-corrected chi connectivity index (χ0v) is 13.1. The molecular weight excluding hydrogens is 256 g/mol. The largest absolute Gasteiger partial charge is 0.459 e. The zero-order chi connectivity index (χ0) is 15.7. The number of ether oxygens (including phenoxy) is 2. The van der Waals surface area contributed by atoms with Crippen LogP contribution in [0.2, 0.25) is 0 Å². The number of carbonyl (C=O) groups excluding carboxylic acids is 2. The Kier molecular flexibility index (Phi) is 8.29. The van der Waals surface area contributed by atoms with Crippen molar-refractivity contribution in [2.45, 2.75) is 53.8 Å². The molecule has 0 radical (unpaired) electrons. The summed E-state index contributed by atoms with van der Waals surface area (Å²) in [5, 5.41) is 0. The minimum absolute atomic E-state index is 0.0985. The van der Waals surface area contributed by atoms with E-state index in [1.165, 1.54) is 6.08 Å². The second-order valence-corrected chi connectivity index (χ2v) is 4.75. The third-order valence-electron chi connectivity index (χ3n) is 2.13. The van der Waals surface area contributed by atoms with Crippen molar-refractivity contribution in [3.63, 3.8) is 0 Å². The van der Waals surface area contributed by atoms with Gasteiger partial charge in [0, 0.05) is 0 Å². The van der Waals surface area contributed by atoms with Crippen LogP contribution in [-0.2, 0) is 19.1 Å². The molecule has 0 rings (SSSR count). The van der Waals surface area contributed by atoms with Gasteiger partial charge >= 0.3 is 11.9 Å². The van der Waals surface area contributed by atoms with Crippen LogP contribution in [0.25, 0.3) is 0 Å². The van der Waals surface area contributed by atoms with Crippen LogP contribution in [0.1, 0.15) is 41.5 Å². The number of carbonyl (C=O) groups is 2. The Morgan fingerprint density at radius 1 is 0.900 bits per heavy atom. The first kappa shape index (κ1) is 18.2. The molecule has 112 valence electrons. The second kappa shape index (κ2) is 9.13. The lowest BCUT2D eigenvalue weighted by Gasteiger charge is -2.12. The van der Waals surface area contributed by atoms with Crippen LogP contribution in [-0.4, -0.2) is 24.1 Å². The third-order valence-corrected chi connectivity index (χ3v) is 2.13. The van der Waals surface area contributed by atoms with Crippen molar-refractivity contribution in [1.29, 1.82) is 0 Å². The fourth-order valence-electron chi connectivity index (χ4n) is 1.34. The van der Waals surface area contributed by atoms with Gasteiger partial charge < -0.3 is 9.47 Å². The molecule has 0 aliphatic rings. The standard InChI is InChI=1S/C16H24O4/c1-7-9-13(8-2)10-14(15(17)19-11(3)4)16(18)20-12(5)6/h7-12H,1-6H3. The molecule has 0 saturated carbocycles. The molecule has 0 fully saturated rings. The van der Waals surface area contributed by atoms with Crippen LogP contribution in [0.15, 0.2) is 35.5 Å². The predicted molar refractivity (Wildman–Crippen MR) is 79.1 cm³/mol.